The van der Waals surface area contributed by atoms with Crippen LogP contribution in [0.3, 0.4) is 0 Å². The molecule has 4 N–H and O–H groups in total. The maximum absolute atomic E-state index is 12.3. The summed E-state index contributed by atoms with van der Waals surface area (Å²) in [6.07, 6.45) is 3.81. The van der Waals surface area contributed by atoms with Gasteiger partial charge in [-0.3, -0.25) is 9.59 Å². The van der Waals surface area contributed by atoms with Crippen molar-refractivity contribution in [3.8, 4) is 23.0 Å². The highest BCUT2D eigenvalue weighted by Crippen LogP contribution is 2.53. The standard InChI is InChI=1S/C19H16O6.2C3H8/c20-13-1-3-19(11-7-17(24)15(22)5-9(11)13)4-2-14(21)10-6-16(23)18(25)8-12(10)19;2*1-3-2/h5-8,22-25H,1-4H2;2*3H2,1-2H3. The van der Waals surface area contributed by atoms with Crippen LogP contribution in [0.2, 0.25) is 0 Å². The van der Waals surface area contributed by atoms with E-state index in [0.717, 1.165) is 0 Å². The lowest BCUT2D eigenvalue weighted by atomic mass is 9.59. The number of phenols is 4. The summed E-state index contributed by atoms with van der Waals surface area (Å²) in [6.45, 7) is 8.50. The van der Waals surface area contributed by atoms with E-state index in [-0.39, 0.29) is 47.4 Å². The van der Waals surface area contributed by atoms with Crippen molar-refractivity contribution in [2.75, 3.05) is 0 Å². The Hall–Kier alpha value is -3.02. The molecular weight excluding hydrogens is 396 g/mol. The van der Waals surface area contributed by atoms with Crippen LogP contribution < -0.4 is 0 Å². The van der Waals surface area contributed by atoms with E-state index >= 15 is 0 Å². The Labute approximate surface area is 183 Å². The van der Waals surface area contributed by atoms with Gasteiger partial charge < -0.3 is 20.4 Å². The Kier molecular flexibility index (Phi) is 7.71. The lowest BCUT2D eigenvalue weighted by Gasteiger charge is -2.42. The van der Waals surface area contributed by atoms with Crippen molar-refractivity contribution in [3.05, 3.63) is 46.5 Å². The molecule has 0 atom stereocenters. The molecule has 31 heavy (non-hydrogen) atoms. The van der Waals surface area contributed by atoms with Gasteiger partial charge in [0.2, 0.25) is 0 Å². The molecule has 0 amide bonds. The number of carbonyl (C=O) groups is 2. The number of hydrogen-bond acceptors (Lipinski definition) is 6. The summed E-state index contributed by atoms with van der Waals surface area (Å²) in [5.74, 6) is -1.70. The predicted molar refractivity (Wildman–Crippen MR) is 119 cm³/mol. The molecule has 0 bridgehead atoms. The molecule has 168 valence electrons. The molecule has 6 nitrogen and oxygen atoms in total. The maximum atomic E-state index is 12.3. The second-order valence-electron chi connectivity index (χ2n) is 8.12. The molecule has 0 radical (unpaired) electrons. The number of hydrogen-bond donors (Lipinski definition) is 4. The molecule has 1 spiro atoms. The normalized spacial score (nSPS) is 15.7. The van der Waals surface area contributed by atoms with E-state index in [0.29, 0.717) is 35.1 Å². The van der Waals surface area contributed by atoms with Gasteiger partial charge in [0.1, 0.15) is 0 Å². The third kappa shape index (κ3) is 4.53. The van der Waals surface area contributed by atoms with Gasteiger partial charge in [0, 0.05) is 29.4 Å². The Morgan fingerprint density at radius 2 is 0.935 bits per heavy atom. The molecule has 0 heterocycles. The molecule has 0 unspecified atom stereocenters. The van der Waals surface area contributed by atoms with Gasteiger partial charge in [-0.15, -0.1) is 0 Å². The first-order valence-corrected chi connectivity index (χ1v) is 10.9. The number of phenolic OH excluding ortho intramolecular Hbond substituents is 4. The Morgan fingerprint density at radius 3 is 1.26 bits per heavy atom. The van der Waals surface area contributed by atoms with E-state index in [9.17, 15) is 30.0 Å². The number of carbonyl (C=O) groups excluding carboxylic acids is 2. The largest absolute Gasteiger partial charge is 0.504 e. The highest BCUT2D eigenvalue weighted by Gasteiger charge is 2.46. The second-order valence-corrected chi connectivity index (χ2v) is 8.12. The number of fused-ring (bicyclic) bond motifs is 4. The molecule has 0 aromatic heterocycles. The first kappa shape index (κ1) is 24.3. The summed E-state index contributed by atoms with van der Waals surface area (Å²) < 4.78 is 0. The fourth-order valence-corrected chi connectivity index (χ4v) is 4.14. The van der Waals surface area contributed by atoms with E-state index < -0.39 is 5.41 Å². The average Bonchev–Trinajstić information content (AvgIpc) is 2.71. The number of aromatic hydroxyl groups is 4. The molecule has 4 rings (SSSR count). The fourth-order valence-electron chi connectivity index (χ4n) is 4.14. The van der Waals surface area contributed by atoms with Crippen LogP contribution in [0, 0.1) is 0 Å². The summed E-state index contributed by atoms with van der Waals surface area (Å²) in [5, 5.41) is 39.4. The smallest absolute Gasteiger partial charge is 0.163 e. The topological polar surface area (TPSA) is 115 Å². The first-order chi connectivity index (χ1) is 14.7. The van der Waals surface area contributed by atoms with Crippen molar-refractivity contribution in [2.45, 2.75) is 71.6 Å². The van der Waals surface area contributed by atoms with E-state index in [2.05, 4.69) is 27.7 Å². The van der Waals surface area contributed by atoms with Gasteiger partial charge in [0.05, 0.1) is 0 Å². The van der Waals surface area contributed by atoms with Gasteiger partial charge in [-0.05, 0) is 48.2 Å². The summed E-state index contributed by atoms with van der Waals surface area (Å²) in [6, 6.07) is 5.24. The number of rotatable bonds is 0. The van der Waals surface area contributed by atoms with Crippen LogP contribution in [-0.4, -0.2) is 32.0 Å². The zero-order chi connectivity index (χ0) is 23.3. The third-order valence-electron chi connectivity index (χ3n) is 5.42. The Balaban J connectivity index is 0.000000513. The van der Waals surface area contributed by atoms with Crippen molar-refractivity contribution < 1.29 is 30.0 Å². The van der Waals surface area contributed by atoms with Crippen molar-refractivity contribution in [1.82, 2.24) is 0 Å². The molecule has 0 saturated carbocycles. The Bertz CT molecular complexity index is 897. The highest BCUT2D eigenvalue weighted by atomic mass is 16.3. The molecule has 0 fully saturated rings. The van der Waals surface area contributed by atoms with E-state index in [1.54, 1.807) is 0 Å². The molecule has 0 aliphatic heterocycles. The molecule has 2 aliphatic carbocycles. The van der Waals surface area contributed by atoms with E-state index in [1.807, 2.05) is 0 Å². The molecule has 6 heteroatoms. The van der Waals surface area contributed by atoms with Gasteiger partial charge in [-0.25, -0.2) is 0 Å². The van der Waals surface area contributed by atoms with Crippen molar-refractivity contribution >= 4 is 11.6 Å². The molecule has 2 aliphatic rings. The molecule has 0 saturated heterocycles. The van der Waals surface area contributed by atoms with Gasteiger partial charge in [0.15, 0.2) is 34.6 Å². The summed E-state index contributed by atoms with van der Waals surface area (Å²) in [7, 11) is 0. The predicted octanol–water partition coefficient (Wildman–Crippen LogP) is 5.58. The maximum Gasteiger partial charge on any atom is 0.163 e. The lowest BCUT2D eigenvalue weighted by Crippen LogP contribution is -2.39. The quantitative estimate of drug-likeness (QED) is 0.407. The van der Waals surface area contributed by atoms with Crippen LogP contribution in [-0.2, 0) is 5.41 Å². The zero-order valence-corrected chi connectivity index (χ0v) is 18.7. The van der Waals surface area contributed by atoms with Crippen LogP contribution >= 0.6 is 0 Å². The van der Waals surface area contributed by atoms with Crippen LogP contribution in [0.5, 0.6) is 23.0 Å². The van der Waals surface area contributed by atoms with Gasteiger partial charge in [0.25, 0.3) is 0 Å². The minimum absolute atomic E-state index is 0.141. The molecule has 2 aromatic carbocycles. The van der Waals surface area contributed by atoms with Crippen LogP contribution in [0.25, 0.3) is 0 Å². The summed E-state index contributed by atoms with van der Waals surface area (Å²) in [4.78, 5) is 24.6. The third-order valence-corrected chi connectivity index (χ3v) is 5.42. The summed E-state index contributed by atoms with van der Waals surface area (Å²) >= 11 is 0. The first-order valence-electron chi connectivity index (χ1n) is 10.9. The van der Waals surface area contributed by atoms with Crippen molar-refractivity contribution in [3.63, 3.8) is 0 Å². The monoisotopic (exact) mass is 428 g/mol. The zero-order valence-electron chi connectivity index (χ0n) is 18.7. The molecule has 2 aromatic rings. The van der Waals surface area contributed by atoms with Gasteiger partial charge in [-0.2, -0.15) is 0 Å². The van der Waals surface area contributed by atoms with Crippen LogP contribution in [0.4, 0.5) is 0 Å². The number of ketones is 2. The van der Waals surface area contributed by atoms with Gasteiger partial charge in [-0.1, -0.05) is 40.5 Å². The van der Waals surface area contributed by atoms with Gasteiger partial charge >= 0.3 is 0 Å². The molecular formula is C25H32O6. The SMILES string of the molecule is CCC.CCC.O=C1CCC2(CCC(=O)c3cc(O)c(O)cc32)c2cc(O)c(O)cc21. The van der Waals surface area contributed by atoms with E-state index in [4.69, 9.17) is 0 Å². The minimum atomic E-state index is -0.733. The highest BCUT2D eigenvalue weighted by molar-refractivity contribution is 6.03. The Morgan fingerprint density at radius 1 is 0.645 bits per heavy atom. The van der Waals surface area contributed by atoms with Crippen molar-refractivity contribution in [2.24, 2.45) is 0 Å². The average molecular weight is 429 g/mol. The fraction of sp³-hybridized carbons (Fsp3) is 0.440. The van der Waals surface area contributed by atoms with Crippen molar-refractivity contribution in [1.29, 1.82) is 0 Å². The van der Waals surface area contributed by atoms with E-state index in [1.165, 1.54) is 37.1 Å². The van der Waals surface area contributed by atoms with Crippen LogP contribution in [0.1, 0.15) is 98.1 Å². The van der Waals surface area contributed by atoms with Crippen LogP contribution in [0.15, 0.2) is 24.3 Å². The lowest BCUT2D eigenvalue weighted by molar-refractivity contribution is 0.0931. The minimum Gasteiger partial charge on any atom is -0.504 e. The number of Topliss-reactive ketones (excluding diaryl/α,β-unsaturated/α-hetero) is 2. The number of benzene rings is 2. The summed E-state index contributed by atoms with van der Waals surface area (Å²) in [5.41, 5.74) is 0.975. The second kappa shape index (κ2) is 9.86.